The number of hydrogen-bond acceptors (Lipinski definition) is 7. The van der Waals surface area contributed by atoms with Crippen molar-refractivity contribution in [3.8, 4) is 0 Å². The summed E-state index contributed by atoms with van der Waals surface area (Å²) < 4.78 is 8.76. The highest BCUT2D eigenvalue weighted by molar-refractivity contribution is 5.79. The summed E-state index contributed by atoms with van der Waals surface area (Å²) in [5.74, 6) is 0.323. The number of aliphatic hydroxyl groups is 2. The van der Waals surface area contributed by atoms with Gasteiger partial charge in [-0.15, -0.1) is 0 Å². The summed E-state index contributed by atoms with van der Waals surface area (Å²) in [6.45, 7) is 2.13. The van der Waals surface area contributed by atoms with Crippen LogP contribution in [0.5, 0.6) is 0 Å². The Morgan fingerprint density at radius 1 is 1.41 bits per heavy atom. The molecule has 1 aliphatic rings. The second-order valence-electron chi connectivity index (χ2n) is 6.66. The Kier molecular flexibility index (Phi) is 4.65. The molecule has 0 unspecified atom stereocenters. The molecule has 0 bridgehead atoms. The van der Waals surface area contributed by atoms with Crippen LogP contribution in [0.1, 0.15) is 23.8 Å². The monoisotopic (exact) mass is 372 g/mol. The first-order valence-corrected chi connectivity index (χ1v) is 8.72. The van der Waals surface area contributed by atoms with E-state index in [1.807, 2.05) is 31.2 Å². The van der Waals surface area contributed by atoms with Crippen LogP contribution < -0.4 is 15.3 Å². The zero-order valence-corrected chi connectivity index (χ0v) is 14.9. The van der Waals surface area contributed by atoms with Crippen molar-refractivity contribution in [2.45, 2.75) is 38.4 Å². The molecule has 3 heterocycles. The van der Waals surface area contributed by atoms with Crippen molar-refractivity contribution in [3.05, 3.63) is 48.0 Å². The Labute approximate surface area is 155 Å². The number of nitrogens with two attached hydrogens (primary N) is 1. The third-order valence-electron chi connectivity index (χ3n) is 4.68. The Morgan fingerprint density at radius 2 is 2.26 bits per heavy atom. The van der Waals surface area contributed by atoms with Crippen LogP contribution in [-0.4, -0.2) is 43.6 Å². The maximum atomic E-state index is 9.94. The molecule has 4 N–H and O–H groups in total. The van der Waals surface area contributed by atoms with E-state index in [-0.39, 0.29) is 6.61 Å². The lowest BCUT2D eigenvalue weighted by molar-refractivity contribution is -0.885. The maximum absolute atomic E-state index is 9.94. The molecule has 142 valence electrons. The summed E-state index contributed by atoms with van der Waals surface area (Å²) in [4.78, 5) is 14.5. The van der Waals surface area contributed by atoms with Crippen LogP contribution in [0.15, 0.2) is 36.9 Å². The molecular formula is C18H22N5O4+. The summed E-state index contributed by atoms with van der Waals surface area (Å²) in [6.07, 6.45) is 1.59. The van der Waals surface area contributed by atoms with Crippen molar-refractivity contribution >= 4 is 17.0 Å². The summed E-state index contributed by atoms with van der Waals surface area (Å²) in [6, 6.07) is 8.01. The number of nitrogens with zero attached hydrogens (tertiary/aromatic N) is 4. The second kappa shape index (κ2) is 7.10. The van der Waals surface area contributed by atoms with Crippen molar-refractivity contribution in [3.63, 3.8) is 0 Å². The van der Waals surface area contributed by atoms with Gasteiger partial charge in [0.05, 0.1) is 12.7 Å². The van der Waals surface area contributed by atoms with Gasteiger partial charge in [-0.3, -0.25) is 4.57 Å². The molecule has 9 heteroatoms. The van der Waals surface area contributed by atoms with Crippen LogP contribution in [0.3, 0.4) is 0 Å². The fourth-order valence-corrected chi connectivity index (χ4v) is 3.25. The van der Waals surface area contributed by atoms with Crippen molar-refractivity contribution in [2.75, 3.05) is 12.3 Å². The number of nitrogen functional groups attached to an aromatic ring is 1. The molecular weight excluding hydrogens is 350 g/mol. The van der Waals surface area contributed by atoms with Crippen LogP contribution in [0, 0.1) is 6.92 Å². The third-order valence-corrected chi connectivity index (χ3v) is 4.68. The van der Waals surface area contributed by atoms with Gasteiger partial charge in [0.15, 0.2) is 6.61 Å². The minimum absolute atomic E-state index is 0.243. The zero-order valence-electron chi connectivity index (χ0n) is 14.9. The number of fused-ring (bicyclic) bond motifs is 1. The van der Waals surface area contributed by atoms with Gasteiger partial charge in [-0.05, 0) is 12.5 Å². The topological polar surface area (TPSA) is 120 Å². The van der Waals surface area contributed by atoms with Gasteiger partial charge in [0.2, 0.25) is 11.2 Å². The maximum Gasteiger partial charge on any atom is 0.289 e. The van der Waals surface area contributed by atoms with Crippen molar-refractivity contribution in [1.29, 1.82) is 0 Å². The van der Waals surface area contributed by atoms with Crippen LogP contribution >= 0.6 is 0 Å². The first kappa shape index (κ1) is 17.7. The molecule has 1 saturated heterocycles. The number of hydrogen-bond donors (Lipinski definition) is 3. The van der Waals surface area contributed by atoms with E-state index >= 15 is 0 Å². The standard InChI is InChI=1S/C18H21N5O4/c1-11-3-2-4-12(5-11)8-26-23-10-21-18-16(17(23)19)20-9-22(18)15-6-13(25)14(7-24)27-15/h2-5,9-10,13-15,19,24-25H,6-8H2,1H3/p+1/t13-,14+,15+/m0/s1. The van der Waals surface area contributed by atoms with Gasteiger partial charge in [0, 0.05) is 6.42 Å². The van der Waals surface area contributed by atoms with Gasteiger partial charge in [-0.1, -0.05) is 39.5 Å². The third kappa shape index (κ3) is 3.32. The summed E-state index contributed by atoms with van der Waals surface area (Å²) in [5, 5.41) is 19.2. The van der Waals surface area contributed by atoms with Crippen molar-refractivity contribution in [1.82, 2.24) is 14.5 Å². The number of rotatable bonds is 5. The molecule has 2 aromatic heterocycles. The van der Waals surface area contributed by atoms with E-state index in [0.29, 0.717) is 30.0 Å². The molecule has 3 atom stereocenters. The molecule has 0 spiro atoms. The van der Waals surface area contributed by atoms with E-state index in [0.717, 1.165) is 11.1 Å². The van der Waals surface area contributed by atoms with Gasteiger partial charge in [0.25, 0.3) is 12.1 Å². The van der Waals surface area contributed by atoms with E-state index in [2.05, 4.69) is 9.97 Å². The van der Waals surface area contributed by atoms with E-state index in [1.54, 1.807) is 10.9 Å². The largest absolute Gasteiger partial charge is 0.394 e. The molecule has 4 rings (SSSR count). The highest BCUT2D eigenvalue weighted by Gasteiger charge is 2.36. The number of aromatic nitrogens is 4. The molecule has 1 aliphatic heterocycles. The SMILES string of the molecule is Cc1cccc(CO[n+]2cnc3c(ncn3[C@H]3C[C@H](O)[C@@H](CO)O3)c2N)c1. The molecule has 0 aliphatic carbocycles. The normalized spacial score (nSPS) is 22.4. The number of imidazole rings is 1. The summed E-state index contributed by atoms with van der Waals surface area (Å²) in [7, 11) is 0. The van der Waals surface area contributed by atoms with Gasteiger partial charge in [-0.2, -0.15) is 0 Å². The molecule has 0 saturated carbocycles. The molecule has 0 radical (unpaired) electrons. The fraction of sp³-hybridized carbons (Fsp3) is 0.389. The highest BCUT2D eigenvalue weighted by atomic mass is 16.7. The highest BCUT2D eigenvalue weighted by Crippen LogP contribution is 2.30. The Morgan fingerprint density at radius 3 is 3.00 bits per heavy atom. The lowest BCUT2D eigenvalue weighted by Gasteiger charge is -2.12. The molecule has 0 amide bonds. The lowest BCUT2D eigenvalue weighted by Crippen LogP contribution is -2.45. The number of aryl methyl sites for hydroxylation is 1. The van der Waals surface area contributed by atoms with Crippen LogP contribution in [0.2, 0.25) is 0 Å². The molecule has 9 nitrogen and oxygen atoms in total. The number of benzene rings is 1. The van der Waals surface area contributed by atoms with E-state index in [1.165, 1.54) is 11.1 Å². The van der Waals surface area contributed by atoms with Crippen LogP contribution in [-0.2, 0) is 11.3 Å². The van der Waals surface area contributed by atoms with Crippen LogP contribution in [0.25, 0.3) is 11.2 Å². The summed E-state index contributed by atoms with van der Waals surface area (Å²) >= 11 is 0. The van der Waals surface area contributed by atoms with Crippen molar-refractivity contribution < 1.29 is 24.5 Å². The van der Waals surface area contributed by atoms with Gasteiger partial charge >= 0.3 is 0 Å². The predicted molar refractivity (Wildman–Crippen MR) is 95.2 cm³/mol. The quantitative estimate of drug-likeness (QED) is 0.534. The Bertz CT molecular complexity index is 960. The Balaban J connectivity index is 1.56. The molecule has 1 aromatic carbocycles. The minimum atomic E-state index is -0.735. The van der Waals surface area contributed by atoms with E-state index < -0.39 is 18.4 Å². The zero-order chi connectivity index (χ0) is 19.0. The van der Waals surface area contributed by atoms with E-state index in [4.69, 9.17) is 15.3 Å². The predicted octanol–water partition coefficient (Wildman–Crippen LogP) is -0.121. The number of anilines is 1. The first-order valence-electron chi connectivity index (χ1n) is 8.72. The average molecular weight is 372 g/mol. The molecule has 27 heavy (non-hydrogen) atoms. The second-order valence-corrected chi connectivity index (χ2v) is 6.66. The average Bonchev–Trinajstić information content (AvgIpc) is 3.24. The van der Waals surface area contributed by atoms with Gasteiger partial charge < -0.3 is 25.5 Å². The Hall–Kier alpha value is -2.75. The fourth-order valence-electron chi connectivity index (χ4n) is 3.25. The summed E-state index contributed by atoms with van der Waals surface area (Å²) in [5.41, 5.74) is 9.38. The van der Waals surface area contributed by atoms with E-state index in [9.17, 15) is 10.2 Å². The smallest absolute Gasteiger partial charge is 0.289 e. The van der Waals surface area contributed by atoms with Gasteiger partial charge in [0.1, 0.15) is 18.7 Å². The van der Waals surface area contributed by atoms with Crippen molar-refractivity contribution in [2.24, 2.45) is 0 Å². The first-order chi connectivity index (χ1) is 13.1. The molecule has 1 fully saturated rings. The number of aliphatic hydroxyl groups excluding tert-OH is 2. The molecule has 3 aromatic rings. The number of ether oxygens (including phenoxy) is 1. The lowest BCUT2D eigenvalue weighted by atomic mass is 10.1. The minimum Gasteiger partial charge on any atom is -0.394 e. The van der Waals surface area contributed by atoms with Crippen LogP contribution in [0.4, 0.5) is 5.82 Å². The van der Waals surface area contributed by atoms with Gasteiger partial charge in [-0.25, -0.2) is 4.98 Å².